The summed E-state index contributed by atoms with van der Waals surface area (Å²) >= 11 is 0. The molecule has 12 heteroatoms. The number of benzene rings is 2. The summed E-state index contributed by atoms with van der Waals surface area (Å²) in [5.74, 6) is 0.174. The number of pyridine rings is 2. The number of hydrogen-bond acceptors (Lipinski definition) is 4. The van der Waals surface area contributed by atoms with Crippen molar-refractivity contribution in [2.75, 3.05) is 4.90 Å². The van der Waals surface area contributed by atoms with Crippen molar-refractivity contribution in [2.45, 2.75) is 24.1 Å². The number of anilines is 2. The summed E-state index contributed by atoms with van der Waals surface area (Å²) in [4.78, 5) is 24.2. The van der Waals surface area contributed by atoms with Gasteiger partial charge in [0, 0.05) is 28.1 Å². The number of ether oxygens (including phenoxy) is 1. The minimum atomic E-state index is -1.93. The maximum Gasteiger partial charge on any atom is 0.424 e. The van der Waals surface area contributed by atoms with Crippen LogP contribution in [0.15, 0.2) is 48.7 Å². The van der Waals surface area contributed by atoms with Crippen molar-refractivity contribution in [3.63, 3.8) is 0 Å². The van der Waals surface area contributed by atoms with Crippen LogP contribution in [0.2, 0.25) is 0 Å². The minimum absolute atomic E-state index is 0.0580. The predicted molar refractivity (Wildman–Crippen MR) is 153 cm³/mol. The SMILES string of the molecule is [B]C([B])([B])c1ncc2c3c4c(nc(C([B])([B])[B])c13)B(c1c(C)cccc1C)c1ccccc1N4C(=O)O2. The van der Waals surface area contributed by atoms with Gasteiger partial charge in [-0.3, -0.25) is 9.97 Å². The molecule has 0 saturated heterocycles. The first kappa shape index (κ1) is 24.1. The second-order valence-corrected chi connectivity index (χ2v) is 9.78. The van der Waals surface area contributed by atoms with Crippen LogP contribution in [0.4, 0.5) is 16.2 Å². The van der Waals surface area contributed by atoms with Crippen LogP contribution in [0.25, 0.3) is 10.8 Å². The zero-order valence-corrected chi connectivity index (χ0v) is 20.3. The number of fused-ring (bicyclic) bond motifs is 2. The standard InChI is InChI=1S/C25H14B7N3O2/c1-11-6-5-7-12(2)18(11)32-13-8-3-4-9-14(13)35-19-16-15(37-23(35)36)10-33-20(24(26,27)28)17(16)21(25(29,30)31)34-22(19)32/h3-10H,1-2H3. The van der Waals surface area contributed by atoms with Crippen molar-refractivity contribution in [3.8, 4) is 5.75 Å². The van der Waals surface area contributed by atoms with Crippen LogP contribution in [0.3, 0.4) is 0 Å². The van der Waals surface area contributed by atoms with E-state index in [1.54, 1.807) is 0 Å². The Balaban J connectivity index is 1.86. The highest BCUT2D eigenvalue weighted by Gasteiger charge is 2.45. The number of hydrogen-bond donors (Lipinski definition) is 0. The van der Waals surface area contributed by atoms with Gasteiger partial charge in [0.05, 0.1) is 64.3 Å². The number of carbonyl (C=O) groups excluding carboxylic acids is 1. The molecule has 0 spiro atoms. The molecule has 37 heavy (non-hydrogen) atoms. The fourth-order valence-corrected chi connectivity index (χ4v) is 5.57. The summed E-state index contributed by atoms with van der Waals surface area (Å²) in [7, 11) is 37.1. The third-order valence-electron chi connectivity index (χ3n) is 7.01. The van der Waals surface area contributed by atoms with Crippen LogP contribution in [-0.2, 0) is 10.2 Å². The predicted octanol–water partition coefficient (Wildman–Crippen LogP) is -0.0417. The largest absolute Gasteiger partial charge is 0.424 e. The molecule has 0 unspecified atom stereocenters. The second-order valence-electron chi connectivity index (χ2n) is 9.78. The molecule has 0 atom stereocenters. The van der Waals surface area contributed by atoms with Crippen molar-refractivity contribution in [1.29, 1.82) is 0 Å². The Hall–Kier alpha value is -3.28. The molecule has 0 saturated carbocycles. The van der Waals surface area contributed by atoms with Crippen molar-refractivity contribution < 1.29 is 9.53 Å². The maximum atomic E-state index is 13.4. The lowest BCUT2D eigenvalue weighted by atomic mass is 9.34. The quantitative estimate of drug-likeness (QED) is 0.400. The second kappa shape index (κ2) is 7.86. The number of carbonyl (C=O) groups is 1. The van der Waals surface area contributed by atoms with E-state index in [1.165, 1.54) is 11.1 Å². The van der Waals surface area contributed by atoms with Gasteiger partial charge in [0.2, 0.25) is 0 Å². The third-order valence-corrected chi connectivity index (χ3v) is 7.01. The molecule has 0 N–H and O–H groups in total. The van der Waals surface area contributed by atoms with Gasteiger partial charge in [-0.1, -0.05) is 63.2 Å². The number of nitrogens with zero attached hydrogens (tertiary/aromatic N) is 3. The normalized spacial score (nSPS) is 14.5. The average molecular weight is 464 g/mol. The van der Waals surface area contributed by atoms with E-state index in [-0.39, 0.29) is 29.2 Å². The smallest absolute Gasteiger partial charge is 0.407 e. The Kier molecular flexibility index (Phi) is 5.12. The average Bonchev–Trinajstić information content (AvgIpc) is 2.81. The van der Waals surface area contributed by atoms with E-state index >= 15 is 0 Å². The van der Waals surface area contributed by atoms with Crippen LogP contribution < -0.4 is 26.2 Å². The summed E-state index contributed by atoms with van der Waals surface area (Å²) in [5.41, 5.74) is 5.84. The Morgan fingerprint density at radius 1 is 0.865 bits per heavy atom. The summed E-state index contributed by atoms with van der Waals surface area (Å²) < 4.78 is 5.73. The monoisotopic (exact) mass is 465 g/mol. The molecular weight excluding hydrogens is 450 g/mol. The number of aromatic nitrogens is 2. The third kappa shape index (κ3) is 3.44. The molecule has 0 fully saturated rings. The maximum absolute atomic E-state index is 13.4. The molecule has 4 aromatic rings. The zero-order valence-electron chi connectivity index (χ0n) is 20.3. The van der Waals surface area contributed by atoms with Crippen molar-refractivity contribution in [3.05, 3.63) is 71.2 Å². The van der Waals surface area contributed by atoms with Gasteiger partial charge in [0.15, 0.2) is 5.75 Å². The van der Waals surface area contributed by atoms with Gasteiger partial charge in [-0.2, -0.15) is 0 Å². The van der Waals surface area contributed by atoms with Crippen LogP contribution in [0, 0.1) is 13.8 Å². The van der Waals surface area contributed by atoms with Crippen molar-refractivity contribution in [2.24, 2.45) is 0 Å². The van der Waals surface area contributed by atoms with Gasteiger partial charge < -0.3 is 4.74 Å². The van der Waals surface area contributed by atoms with E-state index in [1.807, 2.05) is 56.3 Å². The van der Waals surface area contributed by atoms with E-state index in [4.69, 9.17) is 56.8 Å². The number of para-hydroxylation sites is 1. The molecular formula is C25H14B7N3O2. The molecule has 2 aliphatic rings. The zero-order chi connectivity index (χ0) is 26.4. The van der Waals surface area contributed by atoms with Crippen LogP contribution in [0.5, 0.6) is 5.75 Å². The first-order valence-corrected chi connectivity index (χ1v) is 11.7. The highest BCUT2D eigenvalue weighted by Crippen LogP contribution is 2.45. The summed E-state index contributed by atoms with van der Waals surface area (Å²) in [5, 5.41) is -3.12. The Bertz CT molecular complexity index is 1630. The van der Waals surface area contributed by atoms with Crippen molar-refractivity contribution in [1.82, 2.24) is 9.97 Å². The fraction of sp³-hybridized carbons (Fsp3) is 0.160. The summed E-state index contributed by atoms with van der Waals surface area (Å²) in [6.45, 7) is 3.71. The molecule has 4 heterocycles. The van der Waals surface area contributed by atoms with Gasteiger partial charge in [0.1, 0.15) is 0 Å². The molecule has 0 bridgehead atoms. The van der Waals surface area contributed by atoms with E-state index in [9.17, 15) is 4.79 Å². The lowest BCUT2D eigenvalue weighted by Gasteiger charge is -2.40. The van der Waals surface area contributed by atoms with E-state index in [0.29, 0.717) is 22.4 Å². The molecule has 2 aromatic carbocycles. The first-order chi connectivity index (χ1) is 17.4. The molecule has 5 nitrogen and oxygen atoms in total. The molecule has 162 valence electrons. The molecule has 2 aromatic heterocycles. The van der Waals surface area contributed by atoms with Gasteiger partial charge in [-0.15, -0.1) is 0 Å². The van der Waals surface area contributed by atoms with E-state index in [2.05, 4.69) is 4.98 Å². The van der Waals surface area contributed by atoms with Crippen LogP contribution in [-0.4, -0.2) is 69.9 Å². The summed E-state index contributed by atoms with van der Waals surface area (Å²) in [6.07, 6.45) is 0.753. The Morgan fingerprint density at radius 3 is 2.16 bits per heavy atom. The van der Waals surface area contributed by atoms with Crippen LogP contribution in [0.1, 0.15) is 22.5 Å². The highest BCUT2D eigenvalue weighted by atomic mass is 16.6. The van der Waals surface area contributed by atoms with Crippen LogP contribution >= 0.6 is 0 Å². The molecule has 12 radical (unpaired) electrons. The Morgan fingerprint density at radius 2 is 1.51 bits per heavy atom. The minimum Gasteiger partial charge on any atom is -0.407 e. The van der Waals surface area contributed by atoms with Gasteiger partial charge in [0.25, 0.3) is 6.71 Å². The number of rotatable bonds is 3. The topological polar surface area (TPSA) is 55.3 Å². The van der Waals surface area contributed by atoms with Gasteiger partial charge >= 0.3 is 6.09 Å². The lowest BCUT2D eigenvalue weighted by molar-refractivity contribution is 0.209. The fourth-order valence-electron chi connectivity index (χ4n) is 5.57. The van der Waals surface area contributed by atoms with Gasteiger partial charge in [-0.25, -0.2) is 9.69 Å². The molecule has 2 aliphatic heterocycles. The Labute approximate surface area is 223 Å². The summed E-state index contributed by atoms with van der Waals surface area (Å²) in [6, 6.07) is 13.7. The van der Waals surface area contributed by atoms with Gasteiger partial charge in [-0.05, 0) is 25.4 Å². The van der Waals surface area contributed by atoms with Crippen molar-refractivity contribution >= 4 is 98.5 Å². The lowest BCUT2D eigenvalue weighted by Crippen LogP contribution is -2.62. The number of amides is 1. The molecule has 0 aliphatic carbocycles. The molecule has 1 amide bonds. The molecule has 6 rings (SSSR count). The van der Waals surface area contributed by atoms with E-state index < -0.39 is 16.3 Å². The highest BCUT2D eigenvalue weighted by molar-refractivity contribution is 6.98. The first-order valence-electron chi connectivity index (χ1n) is 11.7. The number of aryl methyl sites for hydroxylation is 2. The van der Waals surface area contributed by atoms with E-state index in [0.717, 1.165) is 22.1 Å².